The van der Waals surface area contributed by atoms with E-state index in [1.165, 1.54) is 5.56 Å². The van der Waals surface area contributed by atoms with Gasteiger partial charge in [-0.2, -0.15) is 0 Å². The molecular formula is C12H15BrO. The zero-order chi connectivity index (χ0) is 10.6. The Morgan fingerprint density at radius 1 is 1.14 bits per heavy atom. The highest BCUT2D eigenvalue weighted by Gasteiger charge is 2.47. The van der Waals surface area contributed by atoms with E-state index in [9.17, 15) is 0 Å². The van der Waals surface area contributed by atoms with Crippen LogP contribution in [0.2, 0.25) is 0 Å². The lowest BCUT2D eigenvalue weighted by Gasteiger charge is -2.33. The van der Waals surface area contributed by atoms with E-state index in [-0.39, 0.29) is 11.0 Å². The van der Waals surface area contributed by atoms with Gasteiger partial charge in [-0.15, -0.1) is 0 Å². The summed E-state index contributed by atoms with van der Waals surface area (Å²) < 4.78 is 7.06. The van der Waals surface area contributed by atoms with Gasteiger partial charge in [0.1, 0.15) is 11.4 Å². The maximum atomic E-state index is 5.94. The third-order valence-corrected chi connectivity index (χ3v) is 3.98. The van der Waals surface area contributed by atoms with Gasteiger partial charge in [-0.1, -0.05) is 29.8 Å². The molecule has 0 N–H and O–H groups in total. The SMILES string of the molecule is CC1(C)Oc2ccc(Br)cc2C1(C)C. The molecule has 0 fully saturated rings. The van der Waals surface area contributed by atoms with E-state index in [4.69, 9.17) is 4.74 Å². The van der Waals surface area contributed by atoms with Crippen molar-refractivity contribution in [3.05, 3.63) is 28.2 Å². The smallest absolute Gasteiger partial charge is 0.124 e. The average molecular weight is 255 g/mol. The van der Waals surface area contributed by atoms with Gasteiger partial charge in [-0.05, 0) is 32.0 Å². The highest BCUT2D eigenvalue weighted by molar-refractivity contribution is 9.10. The lowest BCUT2D eigenvalue weighted by molar-refractivity contribution is 0.0712. The predicted molar refractivity (Wildman–Crippen MR) is 61.9 cm³/mol. The normalized spacial score (nSPS) is 21.5. The van der Waals surface area contributed by atoms with Gasteiger partial charge in [0.05, 0.1) is 0 Å². The van der Waals surface area contributed by atoms with E-state index in [0.717, 1.165) is 10.2 Å². The van der Waals surface area contributed by atoms with E-state index in [2.05, 4.69) is 49.7 Å². The van der Waals surface area contributed by atoms with Crippen LogP contribution in [0.5, 0.6) is 5.75 Å². The first-order valence-corrected chi connectivity index (χ1v) is 5.63. The molecule has 2 rings (SSSR count). The molecule has 1 heterocycles. The summed E-state index contributed by atoms with van der Waals surface area (Å²) in [6, 6.07) is 6.22. The second kappa shape index (κ2) is 2.75. The lowest BCUT2D eigenvalue weighted by atomic mass is 9.74. The summed E-state index contributed by atoms with van der Waals surface area (Å²) in [5.41, 5.74) is 1.22. The Hall–Kier alpha value is -0.500. The molecule has 0 saturated heterocycles. The summed E-state index contributed by atoms with van der Waals surface area (Å²) in [6.45, 7) is 8.73. The van der Waals surface area contributed by atoms with Crippen LogP contribution in [-0.4, -0.2) is 5.60 Å². The Morgan fingerprint density at radius 3 is 2.43 bits per heavy atom. The minimum atomic E-state index is -0.129. The molecule has 0 aromatic heterocycles. The summed E-state index contributed by atoms with van der Waals surface area (Å²) in [7, 11) is 0. The van der Waals surface area contributed by atoms with E-state index < -0.39 is 0 Å². The maximum absolute atomic E-state index is 5.94. The zero-order valence-corrected chi connectivity index (χ0v) is 10.6. The van der Waals surface area contributed by atoms with Crippen LogP contribution in [0.4, 0.5) is 0 Å². The van der Waals surface area contributed by atoms with Crippen molar-refractivity contribution in [3.8, 4) is 5.75 Å². The number of rotatable bonds is 0. The summed E-state index contributed by atoms with van der Waals surface area (Å²) in [5, 5.41) is 0. The van der Waals surface area contributed by atoms with Crippen molar-refractivity contribution >= 4 is 15.9 Å². The van der Waals surface area contributed by atoms with Gasteiger partial charge in [-0.3, -0.25) is 0 Å². The summed E-state index contributed by atoms with van der Waals surface area (Å²) in [4.78, 5) is 0. The van der Waals surface area contributed by atoms with Gasteiger partial charge in [0.2, 0.25) is 0 Å². The van der Waals surface area contributed by atoms with E-state index in [0.29, 0.717) is 0 Å². The van der Waals surface area contributed by atoms with Crippen molar-refractivity contribution in [1.29, 1.82) is 0 Å². The first kappa shape index (κ1) is 10.0. The number of hydrogen-bond acceptors (Lipinski definition) is 1. The molecule has 1 aliphatic heterocycles. The monoisotopic (exact) mass is 254 g/mol. The molecule has 76 valence electrons. The fraction of sp³-hybridized carbons (Fsp3) is 0.500. The molecule has 0 saturated carbocycles. The van der Waals surface area contributed by atoms with Crippen molar-refractivity contribution in [3.63, 3.8) is 0 Å². The van der Waals surface area contributed by atoms with Gasteiger partial charge in [0.15, 0.2) is 0 Å². The highest BCUT2D eigenvalue weighted by Crippen LogP contribution is 2.49. The molecular weight excluding hydrogens is 240 g/mol. The second-order valence-electron chi connectivity index (χ2n) is 4.88. The molecule has 0 radical (unpaired) electrons. The van der Waals surface area contributed by atoms with E-state index >= 15 is 0 Å². The van der Waals surface area contributed by atoms with Crippen LogP contribution in [0, 0.1) is 0 Å². The van der Waals surface area contributed by atoms with Crippen LogP contribution in [0.1, 0.15) is 33.3 Å². The van der Waals surface area contributed by atoms with E-state index in [1.54, 1.807) is 0 Å². The molecule has 0 unspecified atom stereocenters. The molecule has 1 aromatic carbocycles. The fourth-order valence-electron chi connectivity index (χ4n) is 1.81. The molecule has 1 aromatic rings. The molecule has 2 heteroatoms. The molecule has 0 bridgehead atoms. The molecule has 0 aliphatic carbocycles. The Labute approximate surface area is 93.6 Å². The molecule has 1 aliphatic rings. The van der Waals surface area contributed by atoms with Crippen LogP contribution in [0.3, 0.4) is 0 Å². The number of halogens is 1. The second-order valence-corrected chi connectivity index (χ2v) is 5.79. The Kier molecular flexibility index (Phi) is 1.97. The number of benzene rings is 1. The van der Waals surface area contributed by atoms with Crippen LogP contribution < -0.4 is 4.74 Å². The van der Waals surface area contributed by atoms with Gasteiger partial charge in [0.25, 0.3) is 0 Å². The highest BCUT2D eigenvalue weighted by atomic mass is 79.9. The van der Waals surface area contributed by atoms with Crippen LogP contribution in [0.15, 0.2) is 22.7 Å². The van der Waals surface area contributed by atoms with E-state index in [1.807, 2.05) is 12.1 Å². The Bertz CT molecular complexity index is 380. The Balaban J connectivity index is 2.62. The maximum Gasteiger partial charge on any atom is 0.124 e. The quantitative estimate of drug-likeness (QED) is 0.683. The molecule has 14 heavy (non-hydrogen) atoms. The first-order valence-electron chi connectivity index (χ1n) is 4.84. The number of hydrogen-bond donors (Lipinski definition) is 0. The van der Waals surface area contributed by atoms with Crippen LogP contribution in [0.25, 0.3) is 0 Å². The van der Waals surface area contributed by atoms with Crippen LogP contribution >= 0.6 is 15.9 Å². The first-order chi connectivity index (χ1) is 6.34. The largest absolute Gasteiger partial charge is 0.487 e. The van der Waals surface area contributed by atoms with Gasteiger partial charge < -0.3 is 4.74 Å². The van der Waals surface area contributed by atoms with Gasteiger partial charge >= 0.3 is 0 Å². The van der Waals surface area contributed by atoms with Crippen molar-refractivity contribution in [2.45, 2.75) is 38.7 Å². The lowest BCUT2D eigenvalue weighted by Crippen LogP contribution is -2.41. The summed E-state index contributed by atoms with van der Waals surface area (Å²) >= 11 is 3.50. The fourth-order valence-corrected chi connectivity index (χ4v) is 2.17. The van der Waals surface area contributed by atoms with Gasteiger partial charge in [0, 0.05) is 15.5 Å². The molecule has 0 amide bonds. The standard InChI is InChI=1S/C12H15BrO/c1-11(2)9-7-8(13)5-6-10(9)14-12(11,3)4/h5-7H,1-4H3. The molecule has 1 nitrogen and oxygen atoms in total. The zero-order valence-electron chi connectivity index (χ0n) is 9.02. The minimum Gasteiger partial charge on any atom is -0.487 e. The summed E-state index contributed by atoms with van der Waals surface area (Å²) in [6.07, 6.45) is 0. The average Bonchev–Trinajstić information content (AvgIpc) is 2.22. The van der Waals surface area contributed by atoms with Crippen LogP contribution in [-0.2, 0) is 5.41 Å². The molecule has 0 spiro atoms. The van der Waals surface area contributed by atoms with Crippen molar-refractivity contribution in [2.75, 3.05) is 0 Å². The third kappa shape index (κ3) is 1.20. The third-order valence-electron chi connectivity index (χ3n) is 3.49. The topological polar surface area (TPSA) is 9.23 Å². The van der Waals surface area contributed by atoms with Crippen molar-refractivity contribution < 1.29 is 4.74 Å². The Morgan fingerprint density at radius 2 is 1.79 bits per heavy atom. The minimum absolute atomic E-state index is 0.0616. The van der Waals surface area contributed by atoms with Crippen molar-refractivity contribution in [2.24, 2.45) is 0 Å². The summed E-state index contributed by atoms with van der Waals surface area (Å²) in [5.74, 6) is 1.02. The number of ether oxygens (including phenoxy) is 1. The molecule has 0 atom stereocenters. The number of fused-ring (bicyclic) bond motifs is 1. The predicted octanol–water partition coefficient (Wildman–Crippen LogP) is 3.90. The van der Waals surface area contributed by atoms with Crippen molar-refractivity contribution in [1.82, 2.24) is 0 Å². The van der Waals surface area contributed by atoms with Gasteiger partial charge in [-0.25, -0.2) is 0 Å².